The largest absolute Gasteiger partial charge is 0.370 e. The maximum absolute atomic E-state index is 12.5. The summed E-state index contributed by atoms with van der Waals surface area (Å²) in [7, 11) is -3.88. The Bertz CT molecular complexity index is 849. The third-order valence-corrected chi connectivity index (χ3v) is 4.78. The molecule has 2 aromatic carbocycles. The zero-order valence-corrected chi connectivity index (χ0v) is 12.4. The molecule has 8 nitrogen and oxygen atoms in total. The highest BCUT2D eigenvalue weighted by molar-refractivity contribution is 7.91. The van der Waals surface area contributed by atoms with Crippen molar-refractivity contribution in [3.05, 3.63) is 59.7 Å². The lowest BCUT2D eigenvalue weighted by atomic mass is 10.1. The van der Waals surface area contributed by atoms with Crippen LogP contribution in [0.15, 0.2) is 58.3 Å². The molecule has 0 bridgehead atoms. The lowest BCUT2D eigenvalue weighted by Crippen LogP contribution is -2.19. The van der Waals surface area contributed by atoms with E-state index in [2.05, 4.69) is 9.68 Å². The predicted octanol–water partition coefficient (Wildman–Crippen LogP) is 0.580. The smallest absolute Gasteiger partial charge is 0.357 e. The molecule has 0 unspecified atom stereocenters. The minimum atomic E-state index is -3.88. The van der Waals surface area contributed by atoms with Gasteiger partial charge in [-0.2, -0.15) is 11.8 Å². The zero-order chi connectivity index (χ0) is 17.0. The normalized spacial score (nSPS) is 10.9. The van der Waals surface area contributed by atoms with Crippen LogP contribution in [0.1, 0.15) is 20.7 Å². The van der Waals surface area contributed by atoms with E-state index in [0.29, 0.717) is 0 Å². The Labute approximate surface area is 131 Å². The second-order valence-corrected chi connectivity index (χ2v) is 6.28. The molecule has 120 valence electrons. The first-order valence-electron chi connectivity index (χ1n) is 6.18. The highest BCUT2D eigenvalue weighted by Gasteiger charge is 2.24. The molecule has 4 N–H and O–H groups in total. The van der Waals surface area contributed by atoms with Crippen molar-refractivity contribution in [3.8, 4) is 0 Å². The summed E-state index contributed by atoms with van der Waals surface area (Å²) in [5.74, 6) is 7.45. The summed E-state index contributed by atoms with van der Waals surface area (Å²) in [5, 5.41) is 0. The van der Waals surface area contributed by atoms with Crippen LogP contribution in [0.2, 0.25) is 0 Å². The number of sulfone groups is 1. The average Bonchev–Trinajstić information content (AvgIpc) is 2.60. The van der Waals surface area contributed by atoms with Gasteiger partial charge in [-0.15, -0.1) is 0 Å². The van der Waals surface area contributed by atoms with Gasteiger partial charge in [0, 0.05) is 0 Å². The summed E-state index contributed by atoms with van der Waals surface area (Å²) in [5.41, 5.74) is -0.644. The van der Waals surface area contributed by atoms with Crippen molar-refractivity contribution in [1.82, 2.24) is 0 Å². The maximum atomic E-state index is 12.5. The number of hydrogen-bond acceptors (Lipinski definition) is 8. The fraction of sp³-hybridized carbons (Fsp3) is 0. The molecule has 0 amide bonds. The standard InChI is InChI=1S/C14H12N2O6S/c15-21-13(17)11-7-6-10(8-12(11)14(18)22-16)23(19,20)9-4-2-1-3-5-9/h1-8H,15-16H2. The van der Waals surface area contributed by atoms with Crippen LogP contribution in [-0.2, 0) is 19.5 Å². The second-order valence-electron chi connectivity index (χ2n) is 4.33. The molecular formula is C14H12N2O6S. The first-order valence-corrected chi connectivity index (χ1v) is 7.66. The van der Waals surface area contributed by atoms with E-state index >= 15 is 0 Å². The summed E-state index contributed by atoms with van der Waals surface area (Å²) in [6, 6.07) is 10.8. The Balaban J connectivity index is 2.62. The Morgan fingerprint density at radius 3 is 1.91 bits per heavy atom. The van der Waals surface area contributed by atoms with E-state index in [1.54, 1.807) is 18.2 Å². The molecular weight excluding hydrogens is 324 g/mol. The highest BCUT2D eigenvalue weighted by Crippen LogP contribution is 2.24. The molecule has 0 fully saturated rings. The van der Waals surface area contributed by atoms with Gasteiger partial charge in [-0.3, -0.25) is 0 Å². The SMILES string of the molecule is NOC(=O)c1ccc(S(=O)(=O)c2ccccc2)cc1C(=O)ON. The minimum Gasteiger partial charge on any atom is -0.370 e. The van der Waals surface area contributed by atoms with Crippen molar-refractivity contribution >= 4 is 21.8 Å². The third kappa shape index (κ3) is 3.21. The van der Waals surface area contributed by atoms with Crippen molar-refractivity contribution in [2.75, 3.05) is 0 Å². The van der Waals surface area contributed by atoms with Gasteiger partial charge in [0.1, 0.15) is 0 Å². The lowest BCUT2D eigenvalue weighted by Gasteiger charge is -2.09. The van der Waals surface area contributed by atoms with E-state index in [1.165, 1.54) is 12.1 Å². The second kappa shape index (κ2) is 6.57. The van der Waals surface area contributed by atoms with Crippen LogP contribution in [0.25, 0.3) is 0 Å². The maximum Gasteiger partial charge on any atom is 0.357 e. The Hall–Kier alpha value is -2.75. The molecule has 0 aliphatic rings. The molecule has 0 aromatic heterocycles. The molecule has 0 saturated carbocycles. The van der Waals surface area contributed by atoms with E-state index in [4.69, 9.17) is 11.8 Å². The van der Waals surface area contributed by atoms with Crippen LogP contribution in [0, 0.1) is 0 Å². The summed E-state index contributed by atoms with van der Waals surface area (Å²) in [4.78, 5) is 31.1. The Kier molecular flexibility index (Phi) is 4.74. The highest BCUT2D eigenvalue weighted by atomic mass is 32.2. The van der Waals surface area contributed by atoms with Gasteiger partial charge in [0.2, 0.25) is 9.84 Å². The molecule has 23 heavy (non-hydrogen) atoms. The van der Waals surface area contributed by atoms with E-state index in [9.17, 15) is 18.0 Å². The molecule has 2 rings (SSSR count). The van der Waals surface area contributed by atoms with Gasteiger partial charge in [-0.05, 0) is 30.3 Å². The molecule has 0 radical (unpaired) electrons. The number of rotatable bonds is 4. The summed E-state index contributed by atoms with van der Waals surface area (Å²) in [6.07, 6.45) is 0. The van der Waals surface area contributed by atoms with Gasteiger partial charge >= 0.3 is 11.9 Å². The van der Waals surface area contributed by atoms with Crippen molar-refractivity contribution in [2.45, 2.75) is 9.79 Å². The lowest BCUT2D eigenvalue weighted by molar-refractivity contribution is 0.0456. The summed E-state index contributed by atoms with van der Waals surface area (Å²) < 4.78 is 25.0. The number of carbonyl (C=O) groups excluding carboxylic acids is 2. The number of nitrogens with two attached hydrogens (primary N) is 2. The van der Waals surface area contributed by atoms with Gasteiger partial charge in [0.15, 0.2) is 0 Å². The Morgan fingerprint density at radius 1 is 0.783 bits per heavy atom. The molecule has 0 spiro atoms. The fourth-order valence-electron chi connectivity index (χ4n) is 1.90. The molecule has 0 saturated heterocycles. The molecule has 9 heteroatoms. The monoisotopic (exact) mass is 336 g/mol. The van der Waals surface area contributed by atoms with E-state index in [1.807, 2.05) is 0 Å². The molecule has 2 aromatic rings. The number of benzene rings is 2. The first kappa shape index (κ1) is 16.6. The van der Waals surface area contributed by atoms with Crippen LogP contribution in [0.5, 0.6) is 0 Å². The van der Waals surface area contributed by atoms with Crippen molar-refractivity contribution < 1.29 is 27.7 Å². The zero-order valence-electron chi connectivity index (χ0n) is 11.6. The van der Waals surface area contributed by atoms with E-state index in [-0.39, 0.29) is 20.9 Å². The predicted molar refractivity (Wildman–Crippen MR) is 77.5 cm³/mol. The van der Waals surface area contributed by atoms with Gasteiger partial charge in [0.25, 0.3) is 0 Å². The minimum absolute atomic E-state index is 0.0289. The first-order chi connectivity index (χ1) is 10.9. The van der Waals surface area contributed by atoms with Gasteiger partial charge in [-0.1, -0.05) is 18.2 Å². The van der Waals surface area contributed by atoms with Crippen LogP contribution in [0.3, 0.4) is 0 Å². The average molecular weight is 336 g/mol. The molecule has 0 atom stereocenters. The van der Waals surface area contributed by atoms with Crippen LogP contribution < -0.4 is 11.8 Å². The van der Waals surface area contributed by atoms with Crippen molar-refractivity contribution in [1.29, 1.82) is 0 Å². The van der Waals surface area contributed by atoms with Gasteiger partial charge < -0.3 is 9.68 Å². The fourth-order valence-corrected chi connectivity index (χ4v) is 3.21. The summed E-state index contributed by atoms with van der Waals surface area (Å²) in [6.45, 7) is 0. The molecule has 0 aliphatic heterocycles. The molecule has 0 aliphatic carbocycles. The van der Waals surface area contributed by atoms with E-state index in [0.717, 1.165) is 18.2 Å². The third-order valence-electron chi connectivity index (χ3n) is 3.01. The number of carbonyl (C=O) groups is 2. The van der Waals surface area contributed by atoms with Gasteiger partial charge in [-0.25, -0.2) is 18.0 Å². The Morgan fingerprint density at radius 2 is 1.35 bits per heavy atom. The quantitative estimate of drug-likeness (QED) is 0.773. The molecule has 0 heterocycles. The van der Waals surface area contributed by atoms with Crippen LogP contribution >= 0.6 is 0 Å². The number of hydrogen-bond donors (Lipinski definition) is 2. The van der Waals surface area contributed by atoms with Crippen LogP contribution in [0.4, 0.5) is 0 Å². The summed E-state index contributed by atoms with van der Waals surface area (Å²) >= 11 is 0. The topological polar surface area (TPSA) is 139 Å². The van der Waals surface area contributed by atoms with E-state index < -0.39 is 21.8 Å². The van der Waals surface area contributed by atoms with Crippen molar-refractivity contribution in [2.24, 2.45) is 11.8 Å². The van der Waals surface area contributed by atoms with Crippen molar-refractivity contribution in [3.63, 3.8) is 0 Å². The van der Waals surface area contributed by atoms with Crippen LogP contribution in [-0.4, -0.2) is 20.4 Å². The van der Waals surface area contributed by atoms with Gasteiger partial charge in [0.05, 0.1) is 20.9 Å².